The Balaban J connectivity index is 1.74. The Kier molecular flexibility index (Phi) is 5.03. The van der Waals surface area contributed by atoms with Crippen LogP contribution in [0.5, 0.6) is 17.2 Å². The summed E-state index contributed by atoms with van der Waals surface area (Å²) < 4.78 is 10.9. The number of hydrazone groups is 1. The van der Waals surface area contributed by atoms with Gasteiger partial charge in [-0.15, -0.1) is 0 Å². The number of phenolic OH excluding ortho intramolecular Hbond substituents is 1. The molecule has 0 fully saturated rings. The zero-order chi connectivity index (χ0) is 18.7. The standard InChI is InChI=1S/C16H12BrN3O6/c17-12-7-11(20(23)24)5-10(15(12)21)8-18-19-16(22)9-1-2-13-14(6-9)26-4-3-25-13/h1-2,5-8,21H,3-4H2,(H,19,22)/b18-8-. The van der Waals surface area contributed by atoms with Crippen molar-refractivity contribution in [2.75, 3.05) is 13.2 Å². The summed E-state index contributed by atoms with van der Waals surface area (Å²) in [5.41, 5.74) is 2.44. The van der Waals surface area contributed by atoms with Crippen LogP contribution >= 0.6 is 15.9 Å². The molecule has 3 rings (SSSR count). The number of hydrogen-bond donors (Lipinski definition) is 2. The van der Waals surface area contributed by atoms with E-state index in [2.05, 4.69) is 26.5 Å². The van der Waals surface area contributed by atoms with Gasteiger partial charge in [0.15, 0.2) is 11.5 Å². The number of rotatable bonds is 4. The second-order valence-electron chi connectivity index (χ2n) is 5.18. The monoisotopic (exact) mass is 421 g/mol. The number of nitrogens with zero attached hydrogens (tertiary/aromatic N) is 2. The molecule has 134 valence electrons. The second kappa shape index (κ2) is 7.40. The van der Waals surface area contributed by atoms with Gasteiger partial charge in [-0.25, -0.2) is 5.43 Å². The summed E-state index contributed by atoms with van der Waals surface area (Å²) in [6, 6.07) is 7.01. The third-order valence-corrected chi connectivity index (χ3v) is 4.07. The highest BCUT2D eigenvalue weighted by Gasteiger charge is 2.15. The molecule has 0 atom stereocenters. The number of nitro benzene ring substituents is 1. The van der Waals surface area contributed by atoms with Crippen molar-refractivity contribution in [1.29, 1.82) is 0 Å². The minimum absolute atomic E-state index is 0.0774. The van der Waals surface area contributed by atoms with Gasteiger partial charge < -0.3 is 14.6 Å². The number of amides is 1. The fourth-order valence-electron chi connectivity index (χ4n) is 2.22. The highest BCUT2D eigenvalue weighted by molar-refractivity contribution is 9.10. The molecule has 0 aromatic heterocycles. The van der Waals surface area contributed by atoms with E-state index in [1.54, 1.807) is 12.1 Å². The van der Waals surface area contributed by atoms with E-state index < -0.39 is 10.8 Å². The fraction of sp³-hybridized carbons (Fsp3) is 0.125. The van der Waals surface area contributed by atoms with Crippen molar-refractivity contribution < 1.29 is 24.3 Å². The van der Waals surface area contributed by atoms with E-state index in [0.717, 1.165) is 12.3 Å². The Bertz CT molecular complexity index is 915. The van der Waals surface area contributed by atoms with Crippen LogP contribution in [-0.4, -0.2) is 35.4 Å². The van der Waals surface area contributed by atoms with Crippen LogP contribution in [0.1, 0.15) is 15.9 Å². The Labute approximate surface area is 155 Å². The Morgan fingerprint density at radius 2 is 2.00 bits per heavy atom. The van der Waals surface area contributed by atoms with Crippen LogP contribution in [0, 0.1) is 10.1 Å². The summed E-state index contributed by atoms with van der Waals surface area (Å²) >= 11 is 3.03. The van der Waals surface area contributed by atoms with E-state index >= 15 is 0 Å². The number of aromatic hydroxyl groups is 1. The lowest BCUT2D eigenvalue weighted by molar-refractivity contribution is -0.385. The van der Waals surface area contributed by atoms with Gasteiger partial charge in [0, 0.05) is 23.3 Å². The van der Waals surface area contributed by atoms with Crippen LogP contribution in [0.2, 0.25) is 0 Å². The van der Waals surface area contributed by atoms with Gasteiger partial charge >= 0.3 is 0 Å². The summed E-state index contributed by atoms with van der Waals surface area (Å²) in [5.74, 6) is 0.283. The van der Waals surface area contributed by atoms with Gasteiger partial charge in [0.25, 0.3) is 11.6 Å². The zero-order valence-electron chi connectivity index (χ0n) is 13.1. The van der Waals surface area contributed by atoms with Crippen molar-refractivity contribution in [3.63, 3.8) is 0 Å². The van der Waals surface area contributed by atoms with Gasteiger partial charge in [0.2, 0.25) is 0 Å². The van der Waals surface area contributed by atoms with Gasteiger partial charge in [0.05, 0.1) is 15.6 Å². The smallest absolute Gasteiger partial charge is 0.271 e. The maximum Gasteiger partial charge on any atom is 0.271 e. The minimum Gasteiger partial charge on any atom is -0.506 e. The molecule has 2 aromatic rings. The number of nitro groups is 1. The predicted molar refractivity (Wildman–Crippen MR) is 95.0 cm³/mol. The van der Waals surface area contributed by atoms with E-state index in [0.29, 0.717) is 30.3 Å². The van der Waals surface area contributed by atoms with Crippen LogP contribution in [0.4, 0.5) is 5.69 Å². The molecule has 2 N–H and O–H groups in total. The summed E-state index contributed by atoms with van der Waals surface area (Å²) in [6.45, 7) is 0.849. The Hall–Kier alpha value is -3.14. The molecule has 1 aliphatic heterocycles. The van der Waals surface area contributed by atoms with E-state index in [9.17, 15) is 20.0 Å². The third kappa shape index (κ3) is 3.75. The number of halogens is 1. The lowest BCUT2D eigenvalue weighted by atomic mass is 10.2. The van der Waals surface area contributed by atoms with Crippen molar-refractivity contribution in [1.82, 2.24) is 5.43 Å². The van der Waals surface area contributed by atoms with Gasteiger partial charge in [0.1, 0.15) is 19.0 Å². The number of carbonyl (C=O) groups is 1. The van der Waals surface area contributed by atoms with Crippen LogP contribution in [-0.2, 0) is 0 Å². The second-order valence-corrected chi connectivity index (χ2v) is 6.03. The molecule has 1 heterocycles. The Morgan fingerprint density at radius 1 is 1.27 bits per heavy atom. The maximum atomic E-state index is 12.1. The normalized spacial score (nSPS) is 12.8. The van der Waals surface area contributed by atoms with Crippen LogP contribution in [0.15, 0.2) is 39.9 Å². The first-order chi connectivity index (χ1) is 12.5. The summed E-state index contributed by atoms with van der Waals surface area (Å²) in [7, 11) is 0. The van der Waals surface area contributed by atoms with E-state index in [-0.39, 0.29) is 21.5 Å². The summed E-state index contributed by atoms with van der Waals surface area (Å²) in [6.07, 6.45) is 1.11. The van der Waals surface area contributed by atoms with Crippen molar-refractivity contribution >= 4 is 33.7 Å². The van der Waals surface area contributed by atoms with Gasteiger partial charge in [-0.3, -0.25) is 14.9 Å². The molecule has 0 saturated carbocycles. The third-order valence-electron chi connectivity index (χ3n) is 3.46. The molecule has 0 unspecified atom stereocenters. The number of carbonyl (C=O) groups excluding carboxylic acids is 1. The number of ether oxygens (including phenoxy) is 2. The number of nitrogens with one attached hydrogen (secondary N) is 1. The quantitative estimate of drug-likeness (QED) is 0.444. The summed E-state index contributed by atoms with van der Waals surface area (Å²) in [4.78, 5) is 22.4. The zero-order valence-corrected chi connectivity index (χ0v) is 14.7. The highest BCUT2D eigenvalue weighted by atomic mass is 79.9. The number of fused-ring (bicyclic) bond motifs is 1. The first-order valence-electron chi connectivity index (χ1n) is 7.35. The molecule has 9 nitrogen and oxygen atoms in total. The molecule has 0 spiro atoms. The molecule has 1 aliphatic rings. The molecule has 0 radical (unpaired) electrons. The molecule has 10 heteroatoms. The molecular formula is C16H12BrN3O6. The molecule has 0 aliphatic carbocycles. The first-order valence-corrected chi connectivity index (χ1v) is 8.15. The number of hydrogen-bond acceptors (Lipinski definition) is 7. The van der Waals surface area contributed by atoms with Crippen molar-refractivity contribution in [2.24, 2.45) is 5.10 Å². The average molecular weight is 422 g/mol. The summed E-state index contributed by atoms with van der Waals surface area (Å²) in [5, 5.41) is 24.5. The number of benzene rings is 2. The molecular weight excluding hydrogens is 410 g/mol. The van der Waals surface area contributed by atoms with Gasteiger partial charge in [-0.05, 0) is 34.1 Å². The maximum absolute atomic E-state index is 12.1. The molecule has 2 aromatic carbocycles. The molecule has 26 heavy (non-hydrogen) atoms. The van der Waals surface area contributed by atoms with E-state index in [1.807, 2.05) is 0 Å². The lowest BCUT2D eigenvalue weighted by Crippen LogP contribution is -2.19. The SMILES string of the molecule is O=C(N/N=C\c1cc([N+](=O)[O-])cc(Br)c1O)c1ccc2c(c1)OCCO2. The van der Waals surface area contributed by atoms with Crippen molar-refractivity contribution in [3.8, 4) is 17.2 Å². The van der Waals surface area contributed by atoms with Crippen molar-refractivity contribution in [2.45, 2.75) is 0 Å². The van der Waals surface area contributed by atoms with Gasteiger partial charge in [-0.1, -0.05) is 0 Å². The van der Waals surface area contributed by atoms with E-state index in [1.165, 1.54) is 12.1 Å². The number of phenols is 1. The van der Waals surface area contributed by atoms with Crippen LogP contribution in [0.25, 0.3) is 0 Å². The number of non-ortho nitro benzene ring substituents is 1. The fourth-order valence-corrected chi connectivity index (χ4v) is 2.68. The van der Waals surface area contributed by atoms with Crippen molar-refractivity contribution in [3.05, 3.63) is 56.0 Å². The Morgan fingerprint density at radius 3 is 2.73 bits per heavy atom. The first kappa shape index (κ1) is 17.7. The molecule has 1 amide bonds. The minimum atomic E-state index is -0.602. The average Bonchev–Trinajstić information content (AvgIpc) is 2.64. The largest absolute Gasteiger partial charge is 0.506 e. The van der Waals surface area contributed by atoms with E-state index in [4.69, 9.17) is 9.47 Å². The van der Waals surface area contributed by atoms with Crippen LogP contribution < -0.4 is 14.9 Å². The van der Waals surface area contributed by atoms with Crippen LogP contribution in [0.3, 0.4) is 0 Å². The molecule has 0 bridgehead atoms. The molecule has 0 saturated heterocycles. The highest BCUT2D eigenvalue weighted by Crippen LogP contribution is 2.32. The van der Waals surface area contributed by atoms with Gasteiger partial charge in [-0.2, -0.15) is 5.10 Å². The topological polar surface area (TPSA) is 123 Å². The lowest BCUT2D eigenvalue weighted by Gasteiger charge is -2.18. The predicted octanol–water partition coefficient (Wildman–Crippen LogP) is 2.60.